The number of nitrogens with zero attached hydrogens (tertiary/aromatic N) is 1. The van der Waals surface area contributed by atoms with Crippen molar-refractivity contribution < 1.29 is 8.95 Å². The van der Waals surface area contributed by atoms with Gasteiger partial charge >= 0.3 is 0 Å². The molecule has 0 aliphatic rings. The van der Waals surface area contributed by atoms with Crippen LogP contribution in [-0.4, -0.2) is 33.9 Å². The molecule has 0 aliphatic heterocycles. The largest absolute Gasteiger partial charge is 0.476 e. The molecule has 3 N–H and O–H groups in total. The van der Waals surface area contributed by atoms with Crippen LogP contribution < -0.4 is 15.8 Å². The molecular formula is C14H25N3O2S. The zero-order valence-electron chi connectivity index (χ0n) is 12.7. The Morgan fingerprint density at radius 1 is 1.40 bits per heavy atom. The van der Waals surface area contributed by atoms with Gasteiger partial charge in [0.15, 0.2) is 0 Å². The van der Waals surface area contributed by atoms with E-state index in [0.29, 0.717) is 24.1 Å². The van der Waals surface area contributed by atoms with Crippen molar-refractivity contribution in [2.24, 2.45) is 5.92 Å². The van der Waals surface area contributed by atoms with Crippen LogP contribution in [0.25, 0.3) is 0 Å². The lowest BCUT2D eigenvalue weighted by Crippen LogP contribution is -2.15. The molecular weight excluding hydrogens is 274 g/mol. The minimum absolute atomic E-state index is 0.174. The number of anilines is 2. The van der Waals surface area contributed by atoms with Crippen LogP contribution >= 0.6 is 0 Å². The number of nitrogen functional groups attached to an aromatic ring is 1. The van der Waals surface area contributed by atoms with Crippen LogP contribution in [0.1, 0.15) is 27.2 Å². The summed E-state index contributed by atoms with van der Waals surface area (Å²) >= 11 is 0. The molecule has 0 amide bonds. The first-order valence-corrected chi connectivity index (χ1v) is 8.47. The lowest BCUT2D eigenvalue weighted by atomic mass is 10.2. The van der Waals surface area contributed by atoms with Crippen molar-refractivity contribution in [2.75, 3.05) is 30.5 Å². The summed E-state index contributed by atoms with van der Waals surface area (Å²) < 4.78 is 16.8. The van der Waals surface area contributed by atoms with Gasteiger partial charge in [-0.3, -0.25) is 4.21 Å². The summed E-state index contributed by atoms with van der Waals surface area (Å²) in [5, 5.41) is 3.38. The van der Waals surface area contributed by atoms with Crippen molar-refractivity contribution in [2.45, 2.75) is 32.4 Å². The number of hydrogen-bond acceptors (Lipinski definition) is 5. The fourth-order valence-electron chi connectivity index (χ4n) is 1.48. The number of pyridine rings is 1. The maximum absolute atomic E-state index is 11.3. The molecule has 5 nitrogen and oxygen atoms in total. The summed E-state index contributed by atoms with van der Waals surface area (Å²) in [7, 11) is -0.790. The summed E-state index contributed by atoms with van der Waals surface area (Å²) in [4.78, 5) is 4.35. The van der Waals surface area contributed by atoms with Gasteiger partial charge in [0.25, 0.3) is 0 Å². The molecule has 0 radical (unpaired) electrons. The Kier molecular flexibility index (Phi) is 6.78. The Hall–Kier alpha value is -1.30. The van der Waals surface area contributed by atoms with Gasteiger partial charge in [0, 0.05) is 28.9 Å². The Bertz CT molecular complexity index is 452. The second-order valence-corrected chi connectivity index (χ2v) is 7.12. The van der Waals surface area contributed by atoms with Gasteiger partial charge in [-0.05, 0) is 24.5 Å². The zero-order valence-corrected chi connectivity index (χ0v) is 13.5. The summed E-state index contributed by atoms with van der Waals surface area (Å²) in [6, 6.07) is 3.61. The Morgan fingerprint density at radius 3 is 2.70 bits per heavy atom. The van der Waals surface area contributed by atoms with Gasteiger partial charge in [0.1, 0.15) is 5.82 Å². The summed E-state index contributed by atoms with van der Waals surface area (Å²) in [5.74, 6) is 1.62. The van der Waals surface area contributed by atoms with E-state index >= 15 is 0 Å². The number of nitrogens with two attached hydrogens (primary N) is 1. The topological polar surface area (TPSA) is 77.2 Å². The van der Waals surface area contributed by atoms with Crippen molar-refractivity contribution in [1.82, 2.24) is 4.98 Å². The predicted octanol–water partition coefficient (Wildman–Crippen LogP) is 2.27. The van der Waals surface area contributed by atoms with Crippen molar-refractivity contribution in [3.8, 4) is 5.88 Å². The molecule has 0 aliphatic carbocycles. The second kappa shape index (κ2) is 8.09. The van der Waals surface area contributed by atoms with E-state index in [4.69, 9.17) is 10.5 Å². The van der Waals surface area contributed by atoms with Crippen molar-refractivity contribution in [1.29, 1.82) is 0 Å². The van der Waals surface area contributed by atoms with Gasteiger partial charge in [0.05, 0.1) is 12.3 Å². The van der Waals surface area contributed by atoms with Crippen molar-refractivity contribution in [3.05, 3.63) is 12.1 Å². The maximum Gasteiger partial charge on any atom is 0.239 e. The van der Waals surface area contributed by atoms with E-state index in [-0.39, 0.29) is 5.25 Å². The first-order valence-electron chi connectivity index (χ1n) is 6.85. The van der Waals surface area contributed by atoms with E-state index in [0.717, 1.165) is 18.8 Å². The maximum atomic E-state index is 11.3. The number of rotatable bonds is 8. The summed E-state index contributed by atoms with van der Waals surface area (Å²) in [6.07, 6.45) is 2.56. The molecule has 0 fully saturated rings. The van der Waals surface area contributed by atoms with E-state index in [2.05, 4.69) is 24.1 Å². The van der Waals surface area contributed by atoms with E-state index in [1.165, 1.54) is 0 Å². The van der Waals surface area contributed by atoms with Gasteiger partial charge in [-0.25, -0.2) is 0 Å². The second-order valence-electron chi connectivity index (χ2n) is 5.32. The molecule has 0 spiro atoms. The molecule has 0 aromatic carbocycles. The highest BCUT2D eigenvalue weighted by atomic mass is 32.2. The van der Waals surface area contributed by atoms with Crippen LogP contribution in [0.5, 0.6) is 5.88 Å². The van der Waals surface area contributed by atoms with Crippen LogP contribution in [0.4, 0.5) is 11.5 Å². The molecule has 2 atom stereocenters. The third-order valence-electron chi connectivity index (χ3n) is 2.87. The molecule has 2 unspecified atom stereocenters. The summed E-state index contributed by atoms with van der Waals surface area (Å²) in [5.41, 5.74) is 6.38. The van der Waals surface area contributed by atoms with Gasteiger partial charge in [-0.1, -0.05) is 20.8 Å². The first-order chi connectivity index (χ1) is 9.40. The molecule has 1 aromatic heterocycles. The first kappa shape index (κ1) is 16.8. The molecule has 1 rings (SSSR count). The quantitative estimate of drug-likeness (QED) is 0.770. The molecule has 0 saturated heterocycles. The average molecular weight is 299 g/mol. The minimum Gasteiger partial charge on any atom is -0.476 e. The van der Waals surface area contributed by atoms with Gasteiger partial charge < -0.3 is 15.8 Å². The summed E-state index contributed by atoms with van der Waals surface area (Å²) in [6.45, 7) is 7.44. The molecule has 1 aromatic rings. The fourth-order valence-corrected chi connectivity index (χ4v) is 1.93. The average Bonchev–Trinajstić information content (AvgIpc) is 2.38. The third kappa shape index (κ3) is 5.77. The number of nitrogens with one attached hydrogen (secondary N) is 1. The molecule has 20 heavy (non-hydrogen) atoms. The smallest absolute Gasteiger partial charge is 0.239 e. The van der Waals surface area contributed by atoms with E-state index in [1.807, 2.05) is 13.0 Å². The lowest BCUT2D eigenvalue weighted by Gasteiger charge is -2.13. The zero-order chi connectivity index (χ0) is 15.1. The van der Waals surface area contributed by atoms with Crippen molar-refractivity contribution >= 4 is 22.3 Å². The SMILES string of the molecule is CC(C)COc1nc(NCCC(C)S(C)=O)ccc1N. The Labute approximate surface area is 123 Å². The number of aromatic nitrogens is 1. The van der Waals surface area contributed by atoms with Gasteiger partial charge in [-0.2, -0.15) is 4.98 Å². The molecule has 6 heteroatoms. The monoisotopic (exact) mass is 299 g/mol. The fraction of sp³-hybridized carbons (Fsp3) is 0.643. The normalized spacial score (nSPS) is 14.1. The van der Waals surface area contributed by atoms with Gasteiger partial charge in [0.2, 0.25) is 5.88 Å². The third-order valence-corrected chi connectivity index (χ3v) is 4.24. The van der Waals surface area contributed by atoms with E-state index in [1.54, 1.807) is 12.3 Å². The minimum atomic E-state index is -0.790. The molecule has 114 valence electrons. The van der Waals surface area contributed by atoms with Gasteiger partial charge in [-0.15, -0.1) is 0 Å². The van der Waals surface area contributed by atoms with Crippen LogP contribution in [-0.2, 0) is 10.8 Å². The standard InChI is InChI=1S/C14H25N3O2S/c1-10(2)9-19-14-12(15)5-6-13(17-14)16-8-7-11(3)20(4)18/h5-6,10-11H,7-9,15H2,1-4H3,(H,16,17). The lowest BCUT2D eigenvalue weighted by molar-refractivity contribution is 0.263. The Balaban J connectivity index is 2.54. The predicted molar refractivity (Wildman–Crippen MR) is 85.6 cm³/mol. The van der Waals surface area contributed by atoms with Crippen LogP contribution in [0.2, 0.25) is 0 Å². The Morgan fingerprint density at radius 2 is 2.10 bits per heavy atom. The van der Waals surface area contributed by atoms with Crippen molar-refractivity contribution in [3.63, 3.8) is 0 Å². The number of ether oxygens (including phenoxy) is 1. The highest BCUT2D eigenvalue weighted by molar-refractivity contribution is 7.84. The van der Waals surface area contributed by atoms with Crippen LogP contribution in [0.15, 0.2) is 12.1 Å². The highest BCUT2D eigenvalue weighted by Gasteiger charge is 2.08. The molecule has 0 bridgehead atoms. The highest BCUT2D eigenvalue weighted by Crippen LogP contribution is 2.21. The molecule has 0 saturated carbocycles. The number of hydrogen-bond donors (Lipinski definition) is 2. The van der Waals surface area contributed by atoms with Crippen LogP contribution in [0.3, 0.4) is 0 Å². The van der Waals surface area contributed by atoms with Crippen LogP contribution in [0, 0.1) is 5.92 Å². The van der Waals surface area contributed by atoms with E-state index < -0.39 is 10.8 Å². The molecule has 1 heterocycles. The van der Waals surface area contributed by atoms with E-state index in [9.17, 15) is 4.21 Å².